The Morgan fingerprint density at radius 2 is 1.89 bits per heavy atom. The molecule has 0 saturated carbocycles. The topological polar surface area (TPSA) is 71.0 Å². The van der Waals surface area contributed by atoms with Gasteiger partial charge in [0, 0.05) is 43.5 Å². The molecular formula is C27H39BrFN5O3. The number of halogens is 2. The van der Waals surface area contributed by atoms with E-state index in [2.05, 4.69) is 30.7 Å². The SMILES string of the molecule is CCc1cc2c(N3CCC4(CC3)CN(C(=O)OC(C)(C)C)C4)nc(OCCCN(C)C)nc2c(F)c1Br. The van der Waals surface area contributed by atoms with Gasteiger partial charge in [-0.3, -0.25) is 0 Å². The number of piperidine rings is 1. The van der Waals surface area contributed by atoms with Crippen LogP contribution in [-0.2, 0) is 11.2 Å². The number of fused-ring (bicyclic) bond motifs is 1. The number of benzene rings is 1. The predicted octanol–water partition coefficient (Wildman–Crippen LogP) is 5.26. The van der Waals surface area contributed by atoms with E-state index in [1.807, 2.05) is 47.9 Å². The molecule has 37 heavy (non-hydrogen) atoms. The van der Waals surface area contributed by atoms with Crippen molar-refractivity contribution in [2.75, 3.05) is 58.3 Å². The summed E-state index contributed by atoms with van der Waals surface area (Å²) < 4.78 is 27.3. The highest BCUT2D eigenvalue weighted by molar-refractivity contribution is 9.10. The first-order valence-electron chi connectivity index (χ1n) is 13.1. The largest absolute Gasteiger partial charge is 0.463 e. The molecule has 1 spiro atoms. The molecular weight excluding hydrogens is 541 g/mol. The van der Waals surface area contributed by atoms with Crippen molar-refractivity contribution in [1.82, 2.24) is 19.8 Å². The normalized spacial score (nSPS) is 17.4. The average molecular weight is 581 g/mol. The minimum Gasteiger partial charge on any atom is -0.463 e. The Kier molecular flexibility index (Phi) is 8.19. The highest BCUT2D eigenvalue weighted by Crippen LogP contribution is 2.43. The van der Waals surface area contributed by atoms with Crippen LogP contribution in [0, 0.1) is 11.2 Å². The van der Waals surface area contributed by atoms with Crippen LogP contribution in [-0.4, -0.2) is 84.9 Å². The fraction of sp³-hybridized carbons (Fsp3) is 0.667. The molecule has 2 aliphatic heterocycles. The number of aryl methyl sites for hydroxylation is 1. The average Bonchev–Trinajstić information content (AvgIpc) is 2.81. The number of carbonyl (C=O) groups is 1. The van der Waals surface area contributed by atoms with Gasteiger partial charge in [-0.15, -0.1) is 0 Å². The van der Waals surface area contributed by atoms with E-state index in [0.29, 0.717) is 41.8 Å². The molecule has 4 rings (SSSR count). The number of hydrogen-bond acceptors (Lipinski definition) is 7. The van der Waals surface area contributed by atoms with Gasteiger partial charge in [-0.05, 0) is 88.1 Å². The Hall–Kier alpha value is -2.20. The van der Waals surface area contributed by atoms with E-state index in [9.17, 15) is 4.79 Å². The van der Waals surface area contributed by atoms with Crippen molar-refractivity contribution in [3.05, 3.63) is 21.9 Å². The molecule has 2 fully saturated rings. The summed E-state index contributed by atoms with van der Waals surface area (Å²) in [5, 5.41) is 0.707. The molecule has 204 valence electrons. The van der Waals surface area contributed by atoms with Gasteiger partial charge in [0.1, 0.15) is 16.9 Å². The lowest BCUT2D eigenvalue weighted by Gasteiger charge is -2.53. The van der Waals surface area contributed by atoms with Crippen LogP contribution >= 0.6 is 15.9 Å². The van der Waals surface area contributed by atoms with Crippen molar-refractivity contribution in [2.45, 2.75) is 59.0 Å². The third-order valence-corrected chi connectivity index (χ3v) is 7.95. The fourth-order valence-corrected chi connectivity index (χ4v) is 5.64. The molecule has 10 heteroatoms. The second-order valence-corrected chi connectivity index (χ2v) is 12.4. The Bertz CT molecular complexity index is 1140. The van der Waals surface area contributed by atoms with Gasteiger partial charge in [-0.1, -0.05) is 6.92 Å². The van der Waals surface area contributed by atoms with Crippen molar-refractivity contribution in [3.63, 3.8) is 0 Å². The van der Waals surface area contributed by atoms with Crippen molar-refractivity contribution in [1.29, 1.82) is 0 Å². The first-order valence-corrected chi connectivity index (χ1v) is 13.9. The lowest BCUT2D eigenvalue weighted by atomic mass is 9.72. The van der Waals surface area contributed by atoms with E-state index >= 15 is 4.39 Å². The molecule has 2 aliphatic rings. The zero-order chi connectivity index (χ0) is 27.0. The van der Waals surface area contributed by atoms with Crippen LogP contribution in [0.25, 0.3) is 10.9 Å². The van der Waals surface area contributed by atoms with E-state index in [1.54, 1.807) is 4.90 Å². The standard InChI is InChI=1S/C27H39BrFN5O3/c1-7-18-15-19-22(21(29)20(18)28)30-24(36-14-8-11-32(5)6)31-23(19)33-12-9-27(10-13-33)16-34(17-27)25(35)37-26(2,3)4/h15H,7-14,16-17H2,1-6H3. The quantitative estimate of drug-likeness (QED) is 0.414. The zero-order valence-corrected chi connectivity index (χ0v) is 24.5. The van der Waals surface area contributed by atoms with Crippen LogP contribution in [0.1, 0.15) is 52.5 Å². The summed E-state index contributed by atoms with van der Waals surface area (Å²) in [6.07, 6.45) is 3.13. The predicted molar refractivity (Wildman–Crippen MR) is 147 cm³/mol. The van der Waals surface area contributed by atoms with Crippen molar-refractivity contribution in [2.24, 2.45) is 5.41 Å². The van der Waals surface area contributed by atoms with Crippen molar-refractivity contribution < 1.29 is 18.7 Å². The maximum atomic E-state index is 15.4. The van der Waals surface area contributed by atoms with Crippen molar-refractivity contribution in [3.8, 4) is 6.01 Å². The molecule has 0 radical (unpaired) electrons. The molecule has 8 nitrogen and oxygen atoms in total. The Morgan fingerprint density at radius 1 is 1.22 bits per heavy atom. The molecule has 2 saturated heterocycles. The van der Waals surface area contributed by atoms with Crippen molar-refractivity contribution >= 4 is 38.7 Å². The molecule has 2 aromatic rings. The minimum absolute atomic E-state index is 0.102. The number of hydrogen-bond donors (Lipinski definition) is 0. The Labute approximate surface area is 227 Å². The van der Waals surface area contributed by atoms with E-state index in [4.69, 9.17) is 14.5 Å². The first kappa shape index (κ1) is 27.8. The molecule has 0 N–H and O–H groups in total. The lowest BCUT2D eigenvalue weighted by molar-refractivity contribution is -0.0434. The summed E-state index contributed by atoms with van der Waals surface area (Å²) in [6, 6.07) is 2.20. The van der Waals surface area contributed by atoms with Gasteiger partial charge in [0.25, 0.3) is 0 Å². The minimum atomic E-state index is -0.495. The van der Waals surface area contributed by atoms with Gasteiger partial charge < -0.3 is 24.2 Å². The molecule has 1 amide bonds. The fourth-order valence-electron chi connectivity index (χ4n) is 5.06. The van der Waals surface area contributed by atoms with Gasteiger partial charge in [-0.2, -0.15) is 9.97 Å². The Balaban J connectivity index is 1.53. The van der Waals surface area contributed by atoms with E-state index in [-0.39, 0.29) is 28.9 Å². The highest BCUT2D eigenvalue weighted by Gasteiger charge is 2.48. The summed E-state index contributed by atoms with van der Waals surface area (Å²) in [5.41, 5.74) is 0.766. The van der Waals surface area contributed by atoms with Crippen LogP contribution in [0.2, 0.25) is 0 Å². The number of amides is 1. The van der Waals surface area contributed by atoms with Crippen LogP contribution in [0.3, 0.4) is 0 Å². The van der Waals surface area contributed by atoms with Gasteiger partial charge in [-0.25, -0.2) is 9.18 Å². The third-order valence-electron chi connectivity index (χ3n) is 7.10. The highest BCUT2D eigenvalue weighted by atomic mass is 79.9. The van der Waals surface area contributed by atoms with Crippen LogP contribution < -0.4 is 9.64 Å². The number of aromatic nitrogens is 2. The van der Waals surface area contributed by atoms with Gasteiger partial charge >= 0.3 is 12.1 Å². The van der Waals surface area contributed by atoms with Gasteiger partial charge in [0.2, 0.25) is 0 Å². The number of anilines is 1. The lowest BCUT2D eigenvalue weighted by Crippen LogP contribution is -2.62. The van der Waals surface area contributed by atoms with Gasteiger partial charge in [0.15, 0.2) is 5.82 Å². The number of likely N-dealkylation sites (tertiary alicyclic amines) is 1. The molecule has 0 unspecified atom stereocenters. The summed E-state index contributed by atoms with van der Waals surface area (Å²) >= 11 is 3.42. The summed E-state index contributed by atoms with van der Waals surface area (Å²) in [6.45, 7) is 12.0. The molecule has 3 heterocycles. The van der Waals surface area contributed by atoms with Gasteiger partial charge in [0.05, 0.1) is 11.1 Å². The number of ether oxygens (including phenoxy) is 2. The number of rotatable bonds is 7. The first-order chi connectivity index (χ1) is 17.4. The summed E-state index contributed by atoms with van der Waals surface area (Å²) in [5.74, 6) is 0.337. The molecule has 1 aromatic heterocycles. The van der Waals surface area contributed by atoms with Crippen LogP contribution in [0.15, 0.2) is 10.5 Å². The number of carbonyl (C=O) groups excluding carboxylic acids is 1. The second-order valence-electron chi connectivity index (χ2n) is 11.6. The smallest absolute Gasteiger partial charge is 0.410 e. The molecule has 0 atom stereocenters. The van der Waals surface area contributed by atoms with Crippen LogP contribution in [0.5, 0.6) is 6.01 Å². The zero-order valence-electron chi connectivity index (χ0n) is 22.9. The molecule has 1 aromatic carbocycles. The van der Waals surface area contributed by atoms with E-state index in [0.717, 1.165) is 44.5 Å². The van der Waals surface area contributed by atoms with E-state index < -0.39 is 5.60 Å². The monoisotopic (exact) mass is 579 g/mol. The number of nitrogens with zero attached hydrogens (tertiary/aromatic N) is 5. The second kappa shape index (κ2) is 10.9. The Morgan fingerprint density at radius 3 is 2.49 bits per heavy atom. The molecule has 0 bridgehead atoms. The van der Waals surface area contributed by atoms with E-state index in [1.165, 1.54) is 0 Å². The maximum absolute atomic E-state index is 15.4. The summed E-state index contributed by atoms with van der Waals surface area (Å²) in [7, 11) is 4.03. The maximum Gasteiger partial charge on any atom is 0.410 e. The molecule has 0 aliphatic carbocycles. The summed E-state index contributed by atoms with van der Waals surface area (Å²) in [4.78, 5) is 27.8. The van der Waals surface area contributed by atoms with Crippen LogP contribution in [0.4, 0.5) is 15.0 Å². The third kappa shape index (κ3) is 6.28.